The molecule has 0 saturated carbocycles. The van der Waals surface area contributed by atoms with Crippen LogP contribution in [0.2, 0.25) is 0 Å². The second-order valence-electron chi connectivity index (χ2n) is 6.19. The van der Waals surface area contributed by atoms with Crippen LogP contribution >= 0.6 is 0 Å². The molecule has 2 N–H and O–H groups in total. The molecular weight excluding hydrogens is 345 g/mol. The fraction of sp³-hybridized carbons (Fsp3) is 0.316. The summed E-state index contributed by atoms with van der Waals surface area (Å²) in [5, 5.41) is 0. The Bertz CT molecular complexity index is 792. The number of likely N-dealkylation sites (tertiary alicyclic amines) is 1. The maximum absolute atomic E-state index is 12.8. The molecule has 2 aromatic carbocycles. The van der Waals surface area contributed by atoms with E-state index in [9.17, 15) is 18.0 Å². The number of hydrogen-bond acceptors (Lipinski definition) is 3. The number of carbonyl (C=O) groups excluding carboxylic acids is 1. The first kappa shape index (κ1) is 18.3. The summed E-state index contributed by atoms with van der Waals surface area (Å²) in [5.41, 5.74) is 5.35. The summed E-state index contributed by atoms with van der Waals surface area (Å²) in [6.45, 7) is 1.06. The van der Waals surface area contributed by atoms with Gasteiger partial charge in [-0.25, -0.2) is 0 Å². The lowest BCUT2D eigenvalue weighted by Gasteiger charge is -2.23. The third-order valence-electron chi connectivity index (χ3n) is 4.39. The number of halogens is 3. The van der Waals surface area contributed by atoms with Crippen LogP contribution in [0.5, 0.6) is 11.5 Å². The number of rotatable bonds is 4. The predicted octanol–water partition coefficient (Wildman–Crippen LogP) is 4.06. The van der Waals surface area contributed by atoms with E-state index in [0.29, 0.717) is 24.4 Å². The zero-order valence-electron chi connectivity index (χ0n) is 14.0. The maximum atomic E-state index is 12.8. The van der Waals surface area contributed by atoms with E-state index in [2.05, 4.69) is 0 Å². The minimum Gasteiger partial charge on any atom is -0.457 e. The number of carbonyl (C=O) groups is 1. The van der Waals surface area contributed by atoms with Crippen LogP contribution in [0.3, 0.4) is 0 Å². The molecule has 0 bridgehead atoms. The fourth-order valence-corrected chi connectivity index (χ4v) is 3.08. The molecule has 1 saturated heterocycles. The third-order valence-corrected chi connectivity index (χ3v) is 4.39. The Hall–Kier alpha value is -2.54. The molecule has 0 spiro atoms. The van der Waals surface area contributed by atoms with E-state index in [4.69, 9.17) is 10.5 Å². The second kappa shape index (κ2) is 7.37. The average molecular weight is 364 g/mol. The highest BCUT2D eigenvalue weighted by Crippen LogP contribution is 2.33. The van der Waals surface area contributed by atoms with Gasteiger partial charge in [-0.15, -0.1) is 0 Å². The Morgan fingerprint density at radius 3 is 2.54 bits per heavy atom. The molecule has 1 unspecified atom stereocenters. The van der Waals surface area contributed by atoms with Gasteiger partial charge in [0.05, 0.1) is 5.56 Å². The van der Waals surface area contributed by atoms with Crippen molar-refractivity contribution < 1.29 is 22.7 Å². The SMILES string of the molecule is NCC1CCCN1C(=O)c1cccc(Oc2cccc(C(F)(F)F)c2)c1. The first-order valence-corrected chi connectivity index (χ1v) is 8.34. The Balaban J connectivity index is 1.79. The van der Waals surface area contributed by atoms with Gasteiger partial charge in [0.1, 0.15) is 11.5 Å². The Morgan fingerprint density at radius 2 is 1.85 bits per heavy atom. The summed E-state index contributed by atoms with van der Waals surface area (Å²) < 4.78 is 43.9. The van der Waals surface area contributed by atoms with E-state index in [1.165, 1.54) is 18.2 Å². The van der Waals surface area contributed by atoms with Crippen LogP contribution in [-0.4, -0.2) is 29.9 Å². The molecule has 4 nitrogen and oxygen atoms in total. The predicted molar refractivity (Wildman–Crippen MR) is 91.1 cm³/mol. The van der Waals surface area contributed by atoms with Gasteiger partial charge < -0.3 is 15.4 Å². The van der Waals surface area contributed by atoms with Gasteiger partial charge in [0, 0.05) is 24.7 Å². The van der Waals surface area contributed by atoms with E-state index in [0.717, 1.165) is 25.0 Å². The molecule has 138 valence electrons. The van der Waals surface area contributed by atoms with Crippen molar-refractivity contribution in [2.24, 2.45) is 5.73 Å². The summed E-state index contributed by atoms with van der Waals surface area (Å²) in [4.78, 5) is 14.4. The highest BCUT2D eigenvalue weighted by Gasteiger charge is 2.31. The van der Waals surface area contributed by atoms with E-state index < -0.39 is 11.7 Å². The molecule has 1 fully saturated rings. The van der Waals surface area contributed by atoms with Crippen LogP contribution in [0.1, 0.15) is 28.8 Å². The third kappa shape index (κ3) is 3.99. The summed E-state index contributed by atoms with van der Waals surface area (Å²) in [6, 6.07) is 11.1. The lowest BCUT2D eigenvalue weighted by Crippen LogP contribution is -2.39. The van der Waals surface area contributed by atoms with Gasteiger partial charge in [0.2, 0.25) is 0 Å². The number of nitrogens with zero attached hydrogens (tertiary/aromatic N) is 1. The van der Waals surface area contributed by atoms with Crippen LogP contribution in [0.15, 0.2) is 48.5 Å². The van der Waals surface area contributed by atoms with Crippen LogP contribution < -0.4 is 10.5 Å². The van der Waals surface area contributed by atoms with E-state index >= 15 is 0 Å². The highest BCUT2D eigenvalue weighted by atomic mass is 19.4. The van der Waals surface area contributed by atoms with Crippen LogP contribution in [-0.2, 0) is 6.18 Å². The number of ether oxygens (including phenoxy) is 1. The molecule has 2 aromatic rings. The van der Waals surface area contributed by atoms with Crippen molar-refractivity contribution in [2.45, 2.75) is 25.1 Å². The Kier molecular flexibility index (Phi) is 5.18. The minimum atomic E-state index is -4.44. The summed E-state index contributed by atoms with van der Waals surface area (Å²) >= 11 is 0. The number of hydrogen-bond donors (Lipinski definition) is 1. The minimum absolute atomic E-state index is 0.0236. The summed E-state index contributed by atoms with van der Waals surface area (Å²) in [5.74, 6) is 0.219. The second-order valence-corrected chi connectivity index (χ2v) is 6.19. The van der Waals surface area contributed by atoms with Gasteiger partial charge in [0.25, 0.3) is 5.91 Å². The number of amides is 1. The molecular formula is C19H19F3N2O2. The molecule has 1 aliphatic rings. The van der Waals surface area contributed by atoms with Crippen molar-refractivity contribution in [2.75, 3.05) is 13.1 Å². The van der Waals surface area contributed by atoms with Crippen LogP contribution in [0.25, 0.3) is 0 Å². The molecule has 1 amide bonds. The molecule has 0 aliphatic carbocycles. The summed E-state index contributed by atoms with van der Waals surface area (Å²) in [7, 11) is 0. The quantitative estimate of drug-likeness (QED) is 0.890. The smallest absolute Gasteiger partial charge is 0.416 e. The molecule has 7 heteroatoms. The van der Waals surface area contributed by atoms with Gasteiger partial charge >= 0.3 is 6.18 Å². The van der Waals surface area contributed by atoms with Crippen LogP contribution in [0.4, 0.5) is 13.2 Å². The lowest BCUT2D eigenvalue weighted by molar-refractivity contribution is -0.137. The lowest BCUT2D eigenvalue weighted by atomic mass is 10.1. The van der Waals surface area contributed by atoms with E-state index in [1.54, 1.807) is 23.1 Å². The first-order valence-electron chi connectivity index (χ1n) is 8.34. The maximum Gasteiger partial charge on any atom is 0.416 e. The zero-order chi connectivity index (χ0) is 18.7. The molecule has 0 radical (unpaired) electrons. The molecule has 0 aromatic heterocycles. The fourth-order valence-electron chi connectivity index (χ4n) is 3.08. The Labute approximate surface area is 149 Å². The monoisotopic (exact) mass is 364 g/mol. The topological polar surface area (TPSA) is 55.6 Å². The molecule has 1 aliphatic heterocycles. The van der Waals surface area contributed by atoms with Crippen molar-refractivity contribution in [3.05, 3.63) is 59.7 Å². The van der Waals surface area contributed by atoms with Gasteiger partial charge in [0.15, 0.2) is 0 Å². The Morgan fingerprint density at radius 1 is 1.15 bits per heavy atom. The van der Waals surface area contributed by atoms with Crippen LogP contribution in [0, 0.1) is 0 Å². The number of nitrogens with two attached hydrogens (primary N) is 1. The standard InChI is InChI=1S/C19H19F3N2O2/c20-19(21,22)14-5-2-8-17(11-14)26-16-7-1-4-13(10-16)18(25)24-9-3-6-15(24)12-23/h1-2,4-5,7-8,10-11,15H,3,6,9,12,23H2. The highest BCUT2D eigenvalue weighted by molar-refractivity contribution is 5.95. The van der Waals surface area contributed by atoms with Gasteiger partial charge in [-0.3, -0.25) is 4.79 Å². The molecule has 1 atom stereocenters. The van der Waals surface area contributed by atoms with Crippen molar-refractivity contribution in [1.82, 2.24) is 4.90 Å². The number of benzene rings is 2. The van der Waals surface area contributed by atoms with Crippen molar-refractivity contribution in [1.29, 1.82) is 0 Å². The average Bonchev–Trinajstić information content (AvgIpc) is 3.09. The van der Waals surface area contributed by atoms with Crippen molar-refractivity contribution in [3.8, 4) is 11.5 Å². The van der Waals surface area contributed by atoms with E-state index in [-0.39, 0.29) is 17.7 Å². The van der Waals surface area contributed by atoms with Crippen molar-refractivity contribution in [3.63, 3.8) is 0 Å². The van der Waals surface area contributed by atoms with Gasteiger partial charge in [-0.05, 0) is 49.2 Å². The largest absolute Gasteiger partial charge is 0.457 e. The normalized spacial score (nSPS) is 17.4. The van der Waals surface area contributed by atoms with Crippen molar-refractivity contribution >= 4 is 5.91 Å². The zero-order valence-corrected chi connectivity index (χ0v) is 14.0. The van der Waals surface area contributed by atoms with Gasteiger partial charge in [-0.2, -0.15) is 13.2 Å². The molecule has 3 rings (SSSR count). The molecule has 1 heterocycles. The van der Waals surface area contributed by atoms with Gasteiger partial charge in [-0.1, -0.05) is 12.1 Å². The first-order chi connectivity index (χ1) is 12.4. The molecule has 26 heavy (non-hydrogen) atoms. The summed E-state index contributed by atoms with van der Waals surface area (Å²) in [6.07, 6.45) is -2.65. The number of alkyl halides is 3. The van der Waals surface area contributed by atoms with E-state index in [1.807, 2.05) is 0 Å².